The minimum Gasteiger partial charge on any atom is -0.311 e. The van der Waals surface area contributed by atoms with Crippen molar-refractivity contribution in [2.75, 3.05) is 31.6 Å². The number of thioether (sulfide) groups is 1. The van der Waals surface area contributed by atoms with Gasteiger partial charge in [0.2, 0.25) is 0 Å². The van der Waals surface area contributed by atoms with Gasteiger partial charge in [-0.3, -0.25) is 4.90 Å². The lowest BCUT2D eigenvalue weighted by Gasteiger charge is -2.42. The zero-order chi connectivity index (χ0) is 14.3. The number of nitrogens with one attached hydrogen (secondary N) is 1. The van der Waals surface area contributed by atoms with E-state index >= 15 is 0 Å². The van der Waals surface area contributed by atoms with Gasteiger partial charge >= 0.3 is 0 Å². The molecule has 1 N–H and O–H groups in total. The normalized spacial score (nSPS) is 25.4. The molecule has 1 fully saturated rings. The molecule has 2 nitrogen and oxygen atoms in total. The van der Waals surface area contributed by atoms with Crippen LogP contribution >= 0.6 is 11.8 Å². The minimum atomic E-state index is 0.706. The molecule has 1 aliphatic rings. The molecule has 0 radical (unpaired) electrons. The van der Waals surface area contributed by atoms with Crippen LogP contribution in [0.5, 0.6) is 0 Å². The van der Waals surface area contributed by atoms with Crippen LogP contribution < -0.4 is 5.32 Å². The van der Waals surface area contributed by atoms with Gasteiger partial charge in [-0.2, -0.15) is 11.8 Å². The number of piperazine rings is 1. The molecule has 2 atom stereocenters. The molecule has 0 aliphatic carbocycles. The average molecular weight is 287 g/mol. The van der Waals surface area contributed by atoms with Crippen LogP contribution in [0.3, 0.4) is 0 Å². The predicted molar refractivity (Wildman–Crippen MR) is 89.1 cm³/mol. The van der Waals surface area contributed by atoms with Crippen molar-refractivity contribution in [2.24, 2.45) is 11.8 Å². The largest absolute Gasteiger partial charge is 0.311 e. The van der Waals surface area contributed by atoms with Gasteiger partial charge in [-0.15, -0.1) is 0 Å². The van der Waals surface area contributed by atoms with Crippen LogP contribution in [-0.4, -0.2) is 48.6 Å². The summed E-state index contributed by atoms with van der Waals surface area (Å²) in [6.07, 6.45) is 6.20. The third-order valence-corrected chi connectivity index (χ3v) is 4.60. The van der Waals surface area contributed by atoms with E-state index in [1.54, 1.807) is 0 Å². The van der Waals surface area contributed by atoms with Gasteiger partial charge in [-0.1, -0.05) is 27.7 Å². The highest BCUT2D eigenvalue weighted by Crippen LogP contribution is 2.19. The Labute approximate surface area is 125 Å². The number of hydrogen-bond acceptors (Lipinski definition) is 3. The molecule has 1 heterocycles. The van der Waals surface area contributed by atoms with Gasteiger partial charge < -0.3 is 5.32 Å². The van der Waals surface area contributed by atoms with Crippen molar-refractivity contribution >= 4 is 11.8 Å². The molecule has 0 amide bonds. The number of rotatable bonds is 8. The Morgan fingerprint density at radius 1 is 1.16 bits per heavy atom. The van der Waals surface area contributed by atoms with E-state index < -0.39 is 0 Å². The van der Waals surface area contributed by atoms with Crippen molar-refractivity contribution in [3.63, 3.8) is 0 Å². The molecule has 0 aromatic heterocycles. The maximum atomic E-state index is 3.78. The Kier molecular flexibility index (Phi) is 8.43. The summed E-state index contributed by atoms with van der Waals surface area (Å²) < 4.78 is 0. The van der Waals surface area contributed by atoms with Gasteiger partial charge in [0.15, 0.2) is 0 Å². The molecule has 1 aliphatic heterocycles. The molecule has 2 unspecified atom stereocenters. The Bertz CT molecular complexity index is 231. The Morgan fingerprint density at radius 2 is 1.84 bits per heavy atom. The van der Waals surface area contributed by atoms with Gasteiger partial charge in [-0.25, -0.2) is 0 Å². The molecule has 19 heavy (non-hydrogen) atoms. The maximum absolute atomic E-state index is 3.78. The summed E-state index contributed by atoms with van der Waals surface area (Å²) in [4.78, 5) is 2.76. The van der Waals surface area contributed by atoms with E-state index in [-0.39, 0.29) is 0 Å². The molecule has 114 valence electrons. The summed E-state index contributed by atoms with van der Waals surface area (Å²) >= 11 is 1.97. The van der Waals surface area contributed by atoms with Gasteiger partial charge in [0, 0.05) is 25.2 Å². The quantitative estimate of drug-likeness (QED) is 0.688. The van der Waals surface area contributed by atoms with Crippen LogP contribution in [0.2, 0.25) is 0 Å². The van der Waals surface area contributed by atoms with E-state index in [1.807, 2.05) is 11.8 Å². The van der Waals surface area contributed by atoms with E-state index in [0.717, 1.165) is 17.9 Å². The fraction of sp³-hybridized carbons (Fsp3) is 1.00. The molecular formula is C16H34N2S. The standard InChI is InChI=1S/C16H34N2S/c1-13(2)9-15-12-18(7-6-8-19-5)16(11-17-15)10-14(3)4/h13-17H,6-12H2,1-5H3. The van der Waals surface area contributed by atoms with Crippen LogP contribution in [0.15, 0.2) is 0 Å². The van der Waals surface area contributed by atoms with Crippen molar-refractivity contribution in [1.29, 1.82) is 0 Å². The minimum absolute atomic E-state index is 0.706. The van der Waals surface area contributed by atoms with Crippen LogP contribution in [-0.2, 0) is 0 Å². The van der Waals surface area contributed by atoms with Gasteiger partial charge in [-0.05, 0) is 49.7 Å². The average Bonchev–Trinajstić information content (AvgIpc) is 2.31. The van der Waals surface area contributed by atoms with E-state index in [9.17, 15) is 0 Å². The summed E-state index contributed by atoms with van der Waals surface area (Å²) in [6, 6.07) is 1.46. The number of nitrogens with zero attached hydrogens (tertiary/aromatic N) is 1. The third kappa shape index (κ3) is 7.01. The van der Waals surface area contributed by atoms with Gasteiger partial charge in [0.05, 0.1) is 0 Å². The first kappa shape index (κ1) is 17.3. The highest BCUT2D eigenvalue weighted by molar-refractivity contribution is 7.98. The Balaban J connectivity index is 2.47. The molecule has 0 spiro atoms. The summed E-state index contributed by atoms with van der Waals surface area (Å²) in [7, 11) is 0. The second kappa shape index (κ2) is 9.25. The molecule has 0 aromatic rings. The first-order chi connectivity index (χ1) is 9.02. The zero-order valence-corrected chi connectivity index (χ0v) is 14.4. The highest BCUT2D eigenvalue weighted by atomic mass is 32.2. The fourth-order valence-electron chi connectivity index (χ4n) is 3.12. The summed E-state index contributed by atoms with van der Waals surface area (Å²) in [5.74, 6) is 2.90. The smallest absolute Gasteiger partial charge is 0.0223 e. The SMILES string of the molecule is CSCCCN1CC(CC(C)C)NCC1CC(C)C. The topological polar surface area (TPSA) is 15.3 Å². The molecule has 3 heteroatoms. The molecule has 1 rings (SSSR count). The van der Waals surface area contributed by atoms with Crippen LogP contribution in [0, 0.1) is 11.8 Å². The zero-order valence-electron chi connectivity index (χ0n) is 13.6. The molecular weight excluding hydrogens is 252 g/mol. The molecule has 0 aromatic carbocycles. The van der Waals surface area contributed by atoms with E-state index in [2.05, 4.69) is 44.2 Å². The summed E-state index contributed by atoms with van der Waals surface area (Å²) in [5, 5.41) is 3.78. The summed E-state index contributed by atoms with van der Waals surface area (Å²) in [5.41, 5.74) is 0. The van der Waals surface area contributed by atoms with Crippen molar-refractivity contribution in [3.8, 4) is 0 Å². The van der Waals surface area contributed by atoms with Gasteiger partial charge in [0.1, 0.15) is 0 Å². The lowest BCUT2D eigenvalue weighted by Crippen LogP contribution is -2.57. The van der Waals surface area contributed by atoms with E-state index in [4.69, 9.17) is 0 Å². The lowest BCUT2D eigenvalue weighted by molar-refractivity contribution is 0.107. The second-order valence-corrected chi connectivity index (χ2v) is 7.84. The van der Waals surface area contributed by atoms with E-state index in [0.29, 0.717) is 6.04 Å². The maximum Gasteiger partial charge on any atom is 0.0223 e. The first-order valence-electron chi connectivity index (χ1n) is 7.99. The summed E-state index contributed by atoms with van der Waals surface area (Å²) in [6.45, 7) is 13.1. The molecule has 0 saturated carbocycles. The van der Waals surface area contributed by atoms with Crippen LogP contribution in [0.1, 0.15) is 47.0 Å². The molecule has 0 bridgehead atoms. The fourth-order valence-corrected chi connectivity index (χ4v) is 3.54. The lowest BCUT2D eigenvalue weighted by atomic mass is 9.95. The van der Waals surface area contributed by atoms with E-state index in [1.165, 1.54) is 44.6 Å². The Morgan fingerprint density at radius 3 is 2.42 bits per heavy atom. The first-order valence-corrected chi connectivity index (χ1v) is 9.38. The van der Waals surface area contributed by atoms with Crippen molar-refractivity contribution in [1.82, 2.24) is 10.2 Å². The monoisotopic (exact) mass is 286 g/mol. The predicted octanol–water partition coefficient (Wildman–Crippen LogP) is 3.47. The van der Waals surface area contributed by atoms with Gasteiger partial charge in [0.25, 0.3) is 0 Å². The Hall–Kier alpha value is 0.270. The second-order valence-electron chi connectivity index (χ2n) is 6.86. The molecule has 1 saturated heterocycles. The highest BCUT2D eigenvalue weighted by Gasteiger charge is 2.27. The van der Waals surface area contributed by atoms with Crippen molar-refractivity contribution in [3.05, 3.63) is 0 Å². The van der Waals surface area contributed by atoms with Crippen LogP contribution in [0.25, 0.3) is 0 Å². The third-order valence-electron chi connectivity index (χ3n) is 3.91. The number of hydrogen-bond donors (Lipinski definition) is 1. The van der Waals surface area contributed by atoms with Crippen molar-refractivity contribution in [2.45, 2.75) is 59.0 Å². The van der Waals surface area contributed by atoms with Crippen LogP contribution in [0.4, 0.5) is 0 Å². The van der Waals surface area contributed by atoms with Crippen molar-refractivity contribution < 1.29 is 0 Å².